The number of hydrogen-bond donors (Lipinski definition) is 2. The van der Waals surface area contributed by atoms with Gasteiger partial charge in [-0.25, -0.2) is 4.98 Å². The van der Waals surface area contributed by atoms with E-state index < -0.39 is 7.14 Å². The first kappa shape index (κ1) is 36.7. The van der Waals surface area contributed by atoms with E-state index in [0.717, 1.165) is 68.9 Å². The van der Waals surface area contributed by atoms with Gasteiger partial charge in [0.2, 0.25) is 5.95 Å². The van der Waals surface area contributed by atoms with Crippen LogP contribution in [0.4, 0.5) is 40.2 Å². The number of hydrogen-bond acceptors (Lipinski definition) is 11. The van der Waals surface area contributed by atoms with Gasteiger partial charge < -0.3 is 29.7 Å². The Morgan fingerprint density at radius 3 is 2.47 bits per heavy atom. The molecule has 2 saturated heterocycles. The zero-order chi connectivity index (χ0) is 36.1. The van der Waals surface area contributed by atoms with Gasteiger partial charge in [-0.05, 0) is 102 Å². The van der Waals surface area contributed by atoms with Gasteiger partial charge >= 0.3 is 0 Å². The molecule has 0 spiro atoms. The lowest BCUT2D eigenvalue weighted by atomic mass is 9.99. The summed E-state index contributed by atoms with van der Waals surface area (Å²) >= 11 is 0. The molecule has 272 valence electrons. The maximum absolute atomic E-state index is 13.8. The van der Waals surface area contributed by atoms with Crippen LogP contribution in [0.2, 0.25) is 0 Å². The Hall–Kier alpha value is -4.05. The predicted octanol–water partition coefficient (Wildman–Crippen LogP) is 7.62. The smallest absolute Gasteiger partial charge is 0.229 e. The number of nitrogens with one attached hydrogen (secondary N) is 2. The van der Waals surface area contributed by atoms with Crippen LogP contribution in [-0.4, -0.2) is 105 Å². The van der Waals surface area contributed by atoms with Crippen molar-refractivity contribution in [3.8, 4) is 5.75 Å². The molecule has 0 radical (unpaired) electrons. The maximum Gasteiger partial charge on any atom is 0.229 e. The molecule has 2 aromatic carbocycles. The zero-order valence-corrected chi connectivity index (χ0v) is 32.1. The molecule has 0 atom stereocenters. The average molecular weight is 712 g/mol. The highest BCUT2D eigenvalue weighted by Gasteiger charge is 2.29. The van der Waals surface area contributed by atoms with Gasteiger partial charge in [-0.1, -0.05) is 13.0 Å². The lowest BCUT2D eigenvalue weighted by Gasteiger charge is -2.43. The normalized spacial score (nSPS) is 17.9. The molecule has 2 aliphatic heterocycles. The predicted molar refractivity (Wildman–Crippen MR) is 216 cm³/mol. The number of benzene rings is 2. The summed E-state index contributed by atoms with van der Waals surface area (Å²) in [6, 6.07) is 8.75. The van der Waals surface area contributed by atoms with Crippen molar-refractivity contribution in [3.05, 3.63) is 47.7 Å². The van der Waals surface area contributed by atoms with Gasteiger partial charge in [0.05, 0.1) is 29.5 Å². The molecule has 11 nitrogen and oxygen atoms in total. The fourth-order valence-electron chi connectivity index (χ4n) is 7.65. The van der Waals surface area contributed by atoms with Gasteiger partial charge in [-0.2, -0.15) is 4.98 Å². The largest absolute Gasteiger partial charge is 0.494 e. The molecule has 2 fully saturated rings. The minimum absolute atomic E-state index is 0.440. The Labute approximate surface area is 303 Å². The summed E-state index contributed by atoms with van der Waals surface area (Å²) < 4.78 is 19.7. The third-order valence-electron chi connectivity index (χ3n) is 10.4. The number of ether oxygens (including phenoxy) is 1. The summed E-state index contributed by atoms with van der Waals surface area (Å²) in [5.41, 5.74) is 7.25. The number of aromatic nitrogens is 2. The Morgan fingerprint density at radius 1 is 1.08 bits per heavy atom. The summed E-state index contributed by atoms with van der Waals surface area (Å²) in [5, 5.41) is 7.65. The van der Waals surface area contributed by atoms with E-state index in [1.165, 1.54) is 42.8 Å². The van der Waals surface area contributed by atoms with E-state index in [0.29, 0.717) is 40.2 Å². The highest BCUT2D eigenvalue weighted by molar-refractivity contribution is 7.70. The third kappa shape index (κ3) is 8.21. The van der Waals surface area contributed by atoms with E-state index >= 15 is 0 Å². The standard InChI is InChI=1S/C39H54N9O2P/c1-8-27-24-33(35(50-5)25-34(27)48-18-16-29(17-19-48)47-22-20-46(4)21-23-47)44-39-42-26-30(28-12-10-11-13-28)38(45-39)43-32-15-14-31(40-3)36(41-9-2)37(32)51(6,7)49/h9,12,14-15,24-26,29H,3,8,10-11,13,16-23H2,1-2,4-7H3,(H2,42,43,44,45)/b41-9-. The monoisotopic (exact) mass is 711 g/mol. The van der Waals surface area contributed by atoms with Crippen molar-refractivity contribution in [2.75, 3.05) is 82.3 Å². The van der Waals surface area contributed by atoms with Crippen molar-refractivity contribution in [1.82, 2.24) is 19.8 Å². The molecule has 0 saturated carbocycles. The lowest BCUT2D eigenvalue weighted by Crippen LogP contribution is -2.52. The molecule has 1 aliphatic carbocycles. The van der Waals surface area contributed by atoms with Gasteiger partial charge in [0.25, 0.3) is 0 Å². The highest BCUT2D eigenvalue weighted by Crippen LogP contribution is 2.46. The topological polar surface area (TPSA) is 111 Å². The molecular weight excluding hydrogens is 657 g/mol. The molecule has 12 heteroatoms. The van der Waals surface area contributed by atoms with E-state index in [4.69, 9.17) is 14.7 Å². The van der Waals surface area contributed by atoms with Crippen molar-refractivity contribution in [2.45, 2.75) is 58.4 Å². The first-order valence-corrected chi connectivity index (χ1v) is 20.9. The van der Waals surface area contributed by atoms with Crippen LogP contribution in [0, 0.1) is 0 Å². The number of anilines is 5. The van der Waals surface area contributed by atoms with Crippen molar-refractivity contribution in [1.29, 1.82) is 0 Å². The second-order valence-corrected chi connectivity index (χ2v) is 17.3. The summed E-state index contributed by atoms with van der Waals surface area (Å²) in [4.78, 5) is 26.2. The van der Waals surface area contributed by atoms with Gasteiger partial charge in [0.15, 0.2) is 0 Å². The number of likely N-dealkylation sites (N-methyl/N-ethyl adjacent to an activating group) is 1. The van der Waals surface area contributed by atoms with Crippen molar-refractivity contribution >= 4 is 71.2 Å². The summed E-state index contributed by atoms with van der Waals surface area (Å²) in [5.74, 6) is 1.82. The minimum atomic E-state index is -2.82. The summed E-state index contributed by atoms with van der Waals surface area (Å²) in [6.07, 6.45) is 12.1. The number of methoxy groups -OCH3 is 1. The first-order valence-electron chi connectivity index (χ1n) is 18.3. The molecule has 3 aromatic rings. The highest BCUT2D eigenvalue weighted by atomic mass is 31.2. The van der Waals surface area contributed by atoms with E-state index in [1.807, 2.05) is 25.3 Å². The average Bonchev–Trinajstić information content (AvgIpc) is 3.67. The number of piperidine rings is 1. The van der Waals surface area contributed by atoms with Crippen LogP contribution in [0.15, 0.2) is 46.5 Å². The van der Waals surface area contributed by atoms with Crippen LogP contribution < -0.4 is 25.6 Å². The lowest BCUT2D eigenvalue weighted by molar-refractivity contribution is 0.0982. The van der Waals surface area contributed by atoms with Crippen LogP contribution in [-0.2, 0) is 11.0 Å². The van der Waals surface area contributed by atoms with Gasteiger partial charge in [-0.3, -0.25) is 14.9 Å². The summed E-state index contributed by atoms with van der Waals surface area (Å²) in [7, 11) is 1.11. The fourth-order valence-corrected chi connectivity index (χ4v) is 9.04. The second-order valence-electron chi connectivity index (χ2n) is 14.1. The Balaban J connectivity index is 1.30. The molecule has 0 unspecified atom stereocenters. The minimum Gasteiger partial charge on any atom is -0.494 e. The fraction of sp³-hybridized carbons (Fsp3) is 0.487. The third-order valence-corrected chi connectivity index (χ3v) is 11.9. The number of rotatable bonds is 12. The Bertz CT molecular complexity index is 1840. The van der Waals surface area contributed by atoms with Gasteiger partial charge in [-0.15, -0.1) is 0 Å². The molecule has 0 bridgehead atoms. The molecule has 0 amide bonds. The van der Waals surface area contributed by atoms with Crippen LogP contribution in [0.25, 0.3) is 5.57 Å². The molecule has 1 aromatic heterocycles. The molecule has 3 heterocycles. The Kier molecular flexibility index (Phi) is 11.6. The van der Waals surface area contributed by atoms with Gasteiger partial charge in [0.1, 0.15) is 24.4 Å². The number of allylic oxidation sites excluding steroid dienone is 2. The number of aliphatic imine (C=N–C) groups is 2. The summed E-state index contributed by atoms with van der Waals surface area (Å²) in [6.45, 7) is 18.0. The van der Waals surface area contributed by atoms with Crippen LogP contribution in [0.1, 0.15) is 57.1 Å². The molecule has 51 heavy (non-hydrogen) atoms. The Morgan fingerprint density at radius 2 is 1.84 bits per heavy atom. The molecule has 2 N–H and O–H groups in total. The van der Waals surface area contributed by atoms with E-state index in [9.17, 15) is 4.57 Å². The van der Waals surface area contributed by atoms with E-state index in [2.05, 4.69) is 74.2 Å². The zero-order valence-electron chi connectivity index (χ0n) is 31.2. The van der Waals surface area contributed by atoms with Crippen molar-refractivity contribution in [2.24, 2.45) is 9.98 Å². The first-order chi connectivity index (χ1) is 24.6. The maximum atomic E-state index is 13.8. The quantitative estimate of drug-likeness (QED) is 0.145. The number of piperazine rings is 1. The van der Waals surface area contributed by atoms with Crippen molar-refractivity contribution < 1.29 is 9.30 Å². The number of aryl methyl sites for hydroxylation is 1. The number of nitrogens with zero attached hydrogens (tertiary/aromatic N) is 7. The van der Waals surface area contributed by atoms with Gasteiger partial charge in [0, 0.05) is 75.0 Å². The van der Waals surface area contributed by atoms with Crippen LogP contribution >= 0.6 is 7.14 Å². The molecule has 6 rings (SSSR count). The van der Waals surface area contributed by atoms with E-state index in [-0.39, 0.29) is 0 Å². The SMILES string of the molecule is C=Nc1ccc(Nc2nc(Nc3cc(CC)c(N4CCC(N5CCN(C)CC5)CC4)cc3OC)ncc2C2=CCCC2)c(P(C)(C)=O)c1/N=C\C. The molecule has 3 aliphatic rings. The molecular formula is C39H54N9O2P. The van der Waals surface area contributed by atoms with Crippen molar-refractivity contribution in [3.63, 3.8) is 0 Å². The second kappa shape index (κ2) is 16.1. The van der Waals surface area contributed by atoms with E-state index in [1.54, 1.807) is 26.7 Å². The van der Waals surface area contributed by atoms with Crippen LogP contribution in [0.5, 0.6) is 5.75 Å². The van der Waals surface area contributed by atoms with Crippen LogP contribution in [0.3, 0.4) is 0 Å².